The van der Waals surface area contributed by atoms with E-state index in [0.717, 1.165) is 18.5 Å². The average molecular weight is 360 g/mol. The summed E-state index contributed by atoms with van der Waals surface area (Å²) < 4.78 is 28.0. The molecule has 2 aromatic carbocycles. The molecular weight excluding hydrogens is 338 g/mol. The van der Waals surface area contributed by atoms with E-state index >= 15 is 0 Å². The van der Waals surface area contributed by atoms with Crippen molar-refractivity contribution < 1.29 is 18.7 Å². The fourth-order valence-corrected chi connectivity index (χ4v) is 3.46. The number of hydrogen-bond acceptors (Lipinski definition) is 3. The van der Waals surface area contributed by atoms with Crippen LogP contribution in [0.4, 0.5) is 8.78 Å². The molecule has 138 valence electrons. The number of aliphatic hydroxyl groups is 1. The number of benzene rings is 2. The first-order chi connectivity index (χ1) is 12.4. The van der Waals surface area contributed by atoms with Crippen molar-refractivity contribution in [2.75, 3.05) is 19.6 Å². The molecule has 2 aromatic rings. The molecule has 0 radical (unpaired) electrons. The Balaban J connectivity index is 1.57. The summed E-state index contributed by atoms with van der Waals surface area (Å²) in [7, 11) is 0. The highest BCUT2D eigenvalue weighted by Gasteiger charge is 2.38. The number of primary amides is 1. The fourth-order valence-electron chi connectivity index (χ4n) is 3.46. The maximum atomic E-state index is 14.0. The van der Waals surface area contributed by atoms with Gasteiger partial charge in [-0.1, -0.05) is 18.2 Å². The topological polar surface area (TPSA) is 66.6 Å². The van der Waals surface area contributed by atoms with Crippen LogP contribution in [0, 0.1) is 11.6 Å². The quantitative estimate of drug-likeness (QED) is 0.861. The van der Waals surface area contributed by atoms with Gasteiger partial charge < -0.3 is 15.7 Å². The molecule has 0 spiro atoms. The molecule has 3 rings (SSSR count). The fraction of sp³-hybridized carbons (Fsp3) is 0.350. The van der Waals surface area contributed by atoms with Crippen LogP contribution in [0.3, 0.4) is 0 Å². The summed E-state index contributed by atoms with van der Waals surface area (Å²) in [5.74, 6) is -1.85. The molecule has 0 aromatic heterocycles. The SMILES string of the molecule is NC(=O)c1ccc(CCN2CCC(O)(c3c(F)cccc3F)CC2)cc1. The van der Waals surface area contributed by atoms with Crippen LogP contribution in [0.15, 0.2) is 42.5 Å². The third-order valence-electron chi connectivity index (χ3n) is 5.07. The van der Waals surface area contributed by atoms with Crippen LogP contribution in [0.2, 0.25) is 0 Å². The summed E-state index contributed by atoms with van der Waals surface area (Å²) in [6.45, 7) is 1.89. The Morgan fingerprint density at radius 3 is 2.19 bits per heavy atom. The standard InChI is InChI=1S/C20H22F2N2O2/c21-16-2-1-3-17(22)18(16)20(26)9-12-24(13-10-20)11-8-14-4-6-15(7-5-14)19(23)25/h1-7,26H,8-13H2,(H2,23,25). The number of carbonyl (C=O) groups is 1. The van der Waals surface area contributed by atoms with Crippen LogP contribution < -0.4 is 5.73 Å². The zero-order valence-electron chi connectivity index (χ0n) is 14.4. The third-order valence-corrected chi connectivity index (χ3v) is 5.07. The lowest BCUT2D eigenvalue weighted by Crippen LogP contribution is -2.44. The van der Waals surface area contributed by atoms with Gasteiger partial charge in [0.2, 0.25) is 5.91 Å². The van der Waals surface area contributed by atoms with E-state index in [1.165, 1.54) is 18.2 Å². The van der Waals surface area contributed by atoms with Crippen LogP contribution in [-0.2, 0) is 12.0 Å². The summed E-state index contributed by atoms with van der Waals surface area (Å²) in [6.07, 6.45) is 1.35. The van der Waals surface area contributed by atoms with E-state index in [9.17, 15) is 18.7 Å². The lowest BCUT2D eigenvalue weighted by atomic mass is 9.83. The Morgan fingerprint density at radius 2 is 1.65 bits per heavy atom. The predicted molar refractivity (Wildman–Crippen MR) is 94.6 cm³/mol. The summed E-state index contributed by atoms with van der Waals surface area (Å²) in [6, 6.07) is 10.8. The highest BCUT2D eigenvalue weighted by atomic mass is 19.1. The number of halogens is 2. The van der Waals surface area contributed by atoms with E-state index in [4.69, 9.17) is 5.73 Å². The van der Waals surface area contributed by atoms with Gasteiger partial charge >= 0.3 is 0 Å². The summed E-state index contributed by atoms with van der Waals surface area (Å²) in [4.78, 5) is 13.2. The van der Waals surface area contributed by atoms with E-state index in [1.807, 2.05) is 12.1 Å². The minimum absolute atomic E-state index is 0.221. The third kappa shape index (κ3) is 3.92. The van der Waals surface area contributed by atoms with Crippen LogP contribution >= 0.6 is 0 Å². The van der Waals surface area contributed by atoms with Crippen molar-refractivity contribution in [3.63, 3.8) is 0 Å². The van der Waals surface area contributed by atoms with Crippen LogP contribution in [0.1, 0.15) is 34.3 Å². The van der Waals surface area contributed by atoms with Gasteiger partial charge in [0.05, 0.1) is 11.2 Å². The van der Waals surface area contributed by atoms with Crippen molar-refractivity contribution in [3.05, 3.63) is 70.8 Å². The minimum Gasteiger partial charge on any atom is -0.385 e. The van der Waals surface area contributed by atoms with Crippen molar-refractivity contribution in [3.8, 4) is 0 Å². The second-order valence-corrected chi connectivity index (χ2v) is 6.78. The van der Waals surface area contributed by atoms with Gasteiger partial charge in [0.1, 0.15) is 11.6 Å². The Bertz CT molecular complexity index is 765. The molecular formula is C20H22F2N2O2. The van der Waals surface area contributed by atoms with Crippen molar-refractivity contribution in [2.24, 2.45) is 5.73 Å². The monoisotopic (exact) mass is 360 g/mol. The Labute approximate surface area is 151 Å². The van der Waals surface area contributed by atoms with E-state index in [0.29, 0.717) is 18.7 Å². The normalized spacial score (nSPS) is 17.2. The molecule has 0 saturated carbocycles. The molecule has 0 aliphatic carbocycles. The smallest absolute Gasteiger partial charge is 0.248 e. The first-order valence-corrected chi connectivity index (χ1v) is 8.67. The molecule has 1 saturated heterocycles. The first-order valence-electron chi connectivity index (χ1n) is 8.67. The molecule has 0 atom stereocenters. The molecule has 1 aliphatic heterocycles. The molecule has 26 heavy (non-hydrogen) atoms. The van der Waals surface area contributed by atoms with Crippen LogP contribution in [0.5, 0.6) is 0 Å². The van der Waals surface area contributed by atoms with Crippen molar-refractivity contribution >= 4 is 5.91 Å². The van der Waals surface area contributed by atoms with Gasteiger partial charge in [0, 0.05) is 25.2 Å². The molecule has 1 fully saturated rings. The number of piperidine rings is 1. The lowest BCUT2D eigenvalue weighted by Gasteiger charge is -2.38. The van der Waals surface area contributed by atoms with Gasteiger partial charge in [0.15, 0.2) is 0 Å². The number of rotatable bonds is 5. The van der Waals surface area contributed by atoms with Crippen molar-refractivity contribution in [2.45, 2.75) is 24.9 Å². The predicted octanol–water partition coefficient (Wildman–Crippen LogP) is 2.59. The Hall–Kier alpha value is -2.31. The highest BCUT2D eigenvalue weighted by molar-refractivity contribution is 5.92. The van der Waals surface area contributed by atoms with Gasteiger partial charge in [-0.05, 0) is 49.1 Å². The Morgan fingerprint density at radius 1 is 1.08 bits per heavy atom. The maximum absolute atomic E-state index is 14.0. The number of amides is 1. The number of carbonyl (C=O) groups excluding carboxylic acids is 1. The summed E-state index contributed by atoms with van der Waals surface area (Å²) in [5.41, 5.74) is 5.10. The van der Waals surface area contributed by atoms with Gasteiger partial charge in [-0.15, -0.1) is 0 Å². The molecule has 1 amide bonds. The highest BCUT2D eigenvalue weighted by Crippen LogP contribution is 2.35. The summed E-state index contributed by atoms with van der Waals surface area (Å²) >= 11 is 0. The molecule has 6 heteroatoms. The average Bonchev–Trinajstić information content (AvgIpc) is 2.61. The second-order valence-electron chi connectivity index (χ2n) is 6.78. The minimum atomic E-state index is -1.46. The maximum Gasteiger partial charge on any atom is 0.248 e. The summed E-state index contributed by atoms with van der Waals surface area (Å²) in [5, 5.41) is 10.7. The zero-order chi connectivity index (χ0) is 18.7. The van der Waals surface area contributed by atoms with E-state index in [2.05, 4.69) is 4.90 Å². The van der Waals surface area contributed by atoms with Crippen LogP contribution in [-0.4, -0.2) is 35.5 Å². The number of hydrogen-bond donors (Lipinski definition) is 2. The van der Waals surface area contributed by atoms with Gasteiger partial charge in [0.25, 0.3) is 0 Å². The zero-order valence-corrected chi connectivity index (χ0v) is 14.4. The van der Waals surface area contributed by atoms with Gasteiger partial charge in [-0.25, -0.2) is 8.78 Å². The van der Waals surface area contributed by atoms with Gasteiger partial charge in [-0.2, -0.15) is 0 Å². The lowest BCUT2D eigenvalue weighted by molar-refractivity contribution is -0.0308. The molecule has 0 bridgehead atoms. The molecule has 4 nitrogen and oxygen atoms in total. The van der Waals surface area contributed by atoms with Crippen LogP contribution in [0.25, 0.3) is 0 Å². The first kappa shape index (κ1) is 18.5. The van der Waals surface area contributed by atoms with E-state index < -0.39 is 23.1 Å². The molecule has 1 aliphatic rings. The van der Waals surface area contributed by atoms with Gasteiger partial charge in [-0.3, -0.25) is 4.79 Å². The van der Waals surface area contributed by atoms with E-state index in [-0.39, 0.29) is 18.4 Å². The second kappa shape index (κ2) is 7.51. The molecule has 3 N–H and O–H groups in total. The molecule has 1 heterocycles. The van der Waals surface area contributed by atoms with Crippen molar-refractivity contribution in [1.82, 2.24) is 4.90 Å². The number of nitrogens with zero attached hydrogens (tertiary/aromatic N) is 1. The number of likely N-dealkylation sites (tertiary alicyclic amines) is 1. The molecule has 0 unspecified atom stereocenters. The largest absolute Gasteiger partial charge is 0.385 e. The number of nitrogens with two attached hydrogens (primary N) is 1. The van der Waals surface area contributed by atoms with E-state index in [1.54, 1.807) is 12.1 Å². The Kier molecular flexibility index (Phi) is 5.34. The van der Waals surface area contributed by atoms with Crippen molar-refractivity contribution in [1.29, 1.82) is 0 Å².